The minimum absolute atomic E-state index is 0.0208. The number of ether oxygens (including phenoxy) is 1. The maximum atomic E-state index is 13.7. The number of nitrogens with zero attached hydrogens (tertiary/aromatic N) is 5. The Morgan fingerprint density at radius 2 is 1.65 bits per heavy atom. The molecule has 0 radical (unpaired) electrons. The highest BCUT2D eigenvalue weighted by atomic mass is 35.5. The normalized spacial score (nSPS) is 11.0. The summed E-state index contributed by atoms with van der Waals surface area (Å²) in [6, 6.07) is 24.3. The van der Waals surface area contributed by atoms with E-state index < -0.39 is 5.97 Å². The summed E-state index contributed by atoms with van der Waals surface area (Å²) in [6.07, 6.45) is 0. The highest BCUT2D eigenvalue weighted by molar-refractivity contribution is 7.99. The molecule has 0 saturated carbocycles. The van der Waals surface area contributed by atoms with Crippen LogP contribution in [0.2, 0.25) is 10.0 Å². The molecule has 0 aliphatic carbocycles. The second-order valence-corrected chi connectivity index (χ2v) is 10.4. The van der Waals surface area contributed by atoms with Crippen molar-refractivity contribution in [2.75, 3.05) is 12.4 Å². The Kier molecular flexibility index (Phi) is 8.35. The van der Waals surface area contributed by atoms with Crippen molar-refractivity contribution >= 4 is 46.7 Å². The maximum absolute atomic E-state index is 13.7. The van der Waals surface area contributed by atoms with Crippen LogP contribution in [0.5, 0.6) is 0 Å². The number of carbonyl (C=O) groups is 2. The molecule has 202 valence electrons. The van der Waals surface area contributed by atoms with Crippen molar-refractivity contribution in [3.05, 3.63) is 106 Å². The summed E-state index contributed by atoms with van der Waals surface area (Å²) in [7, 11) is 0. The molecule has 11 heteroatoms. The van der Waals surface area contributed by atoms with Crippen LogP contribution in [0.4, 0.5) is 0 Å². The van der Waals surface area contributed by atoms with Gasteiger partial charge in [-0.25, -0.2) is 9.48 Å². The lowest BCUT2D eigenvalue weighted by Crippen LogP contribution is -2.13. The van der Waals surface area contributed by atoms with Crippen LogP contribution in [-0.2, 0) is 4.74 Å². The summed E-state index contributed by atoms with van der Waals surface area (Å²) >= 11 is 13.7. The lowest BCUT2D eigenvalue weighted by atomic mass is 10.1. The van der Waals surface area contributed by atoms with Gasteiger partial charge < -0.3 is 4.74 Å². The minimum atomic E-state index is -0.693. The second kappa shape index (κ2) is 12.1. The molecule has 5 aromatic rings. The fraction of sp³-hybridized carbons (Fsp3) is 0.138. The topological polar surface area (TPSA) is 91.9 Å². The molecule has 0 amide bonds. The number of carbonyl (C=O) groups excluding carboxylic acids is 2. The summed E-state index contributed by atoms with van der Waals surface area (Å²) in [6.45, 7) is 3.53. The Morgan fingerprint density at radius 1 is 0.950 bits per heavy atom. The smallest absolute Gasteiger partial charge is 0.359 e. The van der Waals surface area contributed by atoms with Gasteiger partial charge in [0.25, 0.3) is 0 Å². The van der Waals surface area contributed by atoms with E-state index in [9.17, 15) is 9.59 Å². The first-order valence-corrected chi connectivity index (χ1v) is 14.1. The van der Waals surface area contributed by atoms with Crippen LogP contribution in [0, 0.1) is 6.92 Å². The Bertz CT molecular complexity index is 1690. The molecule has 0 atom stereocenters. The van der Waals surface area contributed by atoms with Gasteiger partial charge in [0.1, 0.15) is 0 Å². The first kappa shape index (κ1) is 27.6. The van der Waals surface area contributed by atoms with Crippen LogP contribution in [0.25, 0.3) is 22.8 Å². The van der Waals surface area contributed by atoms with Crippen molar-refractivity contribution in [3.8, 4) is 22.8 Å². The van der Waals surface area contributed by atoms with Gasteiger partial charge in [0, 0.05) is 16.3 Å². The van der Waals surface area contributed by atoms with E-state index in [0.717, 1.165) is 11.3 Å². The molecule has 0 aliphatic rings. The number of hydrogen-bond acceptors (Lipinski definition) is 7. The molecule has 8 nitrogen and oxygen atoms in total. The van der Waals surface area contributed by atoms with E-state index in [1.54, 1.807) is 32.0 Å². The molecule has 0 aliphatic heterocycles. The average molecular weight is 593 g/mol. The standard InChI is InChI=1S/C29H23Cl2N5O3S/c1-3-39-28(38)26-25(18(2)36(34-26)23-15-14-20(30)16-22(23)31)24(37)17-40-29-33-32-27(19-10-6-4-7-11-19)35(29)21-12-8-5-9-13-21/h4-16H,3,17H2,1-2H3. The maximum Gasteiger partial charge on any atom is 0.359 e. The van der Waals surface area contributed by atoms with Crippen molar-refractivity contribution in [2.45, 2.75) is 19.0 Å². The number of aromatic nitrogens is 5. The molecule has 0 saturated heterocycles. The Morgan fingerprint density at radius 3 is 2.33 bits per heavy atom. The number of rotatable bonds is 9. The third kappa shape index (κ3) is 5.54. The quantitative estimate of drug-likeness (QED) is 0.105. The van der Waals surface area contributed by atoms with E-state index in [4.69, 9.17) is 27.9 Å². The second-order valence-electron chi connectivity index (χ2n) is 8.59. The third-order valence-corrected chi connectivity index (χ3v) is 7.48. The van der Waals surface area contributed by atoms with Crippen LogP contribution in [0.15, 0.2) is 84.0 Å². The van der Waals surface area contributed by atoms with E-state index in [1.807, 2.05) is 65.2 Å². The van der Waals surface area contributed by atoms with Crippen molar-refractivity contribution in [3.63, 3.8) is 0 Å². The molecule has 2 aromatic heterocycles. The van der Waals surface area contributed by atoms with Gasteiger partial charge in [0.15, 0.2) is 22.5 Å². The number of halogens is 2. The summed E-state index contributed by atoms with van der Waals surface area (Å²) < 4.78 is 8.58. The number of thioether (sulfide) groups is 1. The fourth-order valence-corrected chi connectivity index (χ4v) is 5.53. The molecule has 0 bridgehead atoms. The lowest BCUT2D eigenvalue weighted by molar-refractivity contribution is 0.0516. The number of ketones is 1. The Balaban J connectivity index is 1.51. The lowest BCUT2D eigenvalue weighted by Gasteiger charge is -2.10. The van der Waals surface area contributed by atoms with Gasteiger partial charge in [-0.15, -0.1) is 10.2 Å². The monoisotopic (exact) mass is 591 g/mol. The van der Waals surface area contributed by atoms with Gasteiger partial charge in [-0.2, -0.15) is 5.10 Å². The van der Waals surface area contributed by atoms with Crippen molar-refractivity contribution in [1.29, 1.82) is 0 Å². The third-order valence-electron chi connectivity index (χ3n) is 6.01. The van der Waals surface area contributed by atoms with E-state index in [2.05, 4.69) is 15.3 Å². The molecular formula is C29H23Cl2N5O3S. The van der Waals surface area contributed by atoms with Crippen LogP contribution in [-0.4, -0.2) is 48.7 Å². The van der Waals surface area contributed by atoms with Gasteiger partial charge in [-0.3, -0.25) is 9.36 Å². The zero-order chi connectivity index (χ0) is 28.2. The fourth-order valence-electron chi connectivity index (χ4n) is 4.22. The number of para-hydroxylation sites is 1. The van der Waals surface area contributed by atoms with Crippen molar-refractivity contribution in [1.82, 2.24) is 24.5 Å². The predicted octanol–water partition coefficient (Wildman–Crippen LogP) is 6.89. The number of Topliss-reactive ketones (excluding diaryl/α,β-unsaturated/α-hetero) is 1. The summed E-state index contributed by atoms with van der Waals surface area (Å²) in [5.74, 6) is -0.379. The van der Waals surface area contributed by atoms with Gasteiger partial charge in [-0.1, -0.05) is 83.5 Å². The van der Waals surface area contributed by atoms with Gasteiger partial charge in [-0.05, 0) is 44.2 Å². The highest BCUT2D eigenvalue weighted by Gasteiger charge is 2.29. The molecule has 5 rings (SSSR count). The van der Waals surface area contributed by atoms with Gasteiger partial charge in [0.05, 0.1) is 34.3 Å². The van der Waals surface area contributed by atoms with E-state index in [1.165, 1.54) is 16.4 Å². The van der Waals surface area contributed by atoms with E-state index in [-0.39, 0.29) is 29.4 Å². The average Bonchev–Trinajstić information content (AvgIpc) is 3.54. The number of benzene rings is 3. The van der Waals surface area contributed by atoms with Crippen molar-refractivity contribution < 1.29 is 14.3 Å². The zero-order valence-electron chi connectivity index (χ0n) is 21.5. The van der Waals surface area contributed by atoms with Gasteiger partial charge in [0.2, 0.25) is 0 Å². The molecule has 0 spiro atoms. The summed E-state index contributed by atoms with van der Waals surface area (Å²) in [4.78, 5) is 26.5. The van der Waals surface area contributed by atoms with E-state index in [0.29, 0.717) is 32.4 Å². The van der Waals surface area contributed by atoms with Crippen LogP contribution >= 0.6 is 35.0 Å². The summed E-state index contributed by atoms with van der Waals surface area (Å²) in [5.41, 5.74) is 2.76. The molecule has 0 N–H and O–H groups in total. The first-order valence-electron chi connectivity index (χ1n) is 12.3. The van der Waals surface area contributed by atoms with Crippen LogP contribution in [0.3, 0.4) is 0 Å². The first-order chi connectivity index (χ1) is 19.4. The molecule has 0 unspecified atom stereocenters. The van der Waals surface area contributed by atoms with E-state index >= 15 is 0 Å². The molecular weight excluding hydrogens is 569 g/mol. The SMILES string of the molecule is CCOC(=O)c1nn(-c2ccc(Cl)cc2Cl)c(C)c1C(=O)CSc1nnc(-c2ccccc2)n1-c1ccccc1. The molecule has 2 heterocycles. The van der Waals surface area contributed by atoms with Crippen LogP contribution in [0.1, 0.15) is 33.5 Å². The van der Waals surface area contributed by atoms with Crippen LogP contribution < -0.4 is 0 Å². The van der Waals surface area contributed by atoms with Crippen molar-refractivity contribution in [2.24, 2.45) is 0 Å². The Hall–Kier alpha value is -3.92. The summed E-state index contributed by atoms with van der Waals surface area (Å²) in [5, 5.41) is 14.6. The molecule has 0 fully saturated rings. The minimum Gasteiger partial charge on any atom is -0.461 e. The highest BCUT2D eigenvalue weighted by Crippen LogP contribution is 2.31. The largest absolute Gasteiger partial charge is 0.461 e. The molecule has 40 heavy (non-hydrogen) atoms. The Labute approximate surface area is 244 Å². The zero-order valence-corrected chi connectivity index (χ0v) is 23.9. The number of esters is 1. The van der Waals surface area contributed by atoms with Gasteiger partial charge >= 0.3 is 5.97 Å². The predicted molar refractivity (Wildman–Crippen MR) is 156 cm³/mol. The molecule has 3 aromatic carbocycles. The number of hydrogen-bond donors (Lipinski definition) is 0.